The van der Waals surface area contributed by atoms with E-state index in [2.05, 4.69) is 10.9 Å². The number of terminal acetylenes is 1. The molecular weight excluding hydrogens is 432 g/mol. The fourth-order valence-electron chi connectivity index (χ4n) is 3.36. The molecule has 5 N–H and O–H groups in total. The highest BCUT2D eigenvalue weighted by Crippen LogP contribution is 2.59. The Morgan fingerprint density at radius 1 is 1.32 bits per heavy atom. The normalized spacial score (nSPS) is 29.5. The SMILES string of the molecule is C#Cc1[nH]c(=O)cc(F)c1[C@@H]1O[C@H](CC(C)(CC)OP(=O)(O)C(C)(O)CC)C(O)[C@@H]1O. The molecule has 0 amide bonds. The molecule has 0 saturated carbocycles. The van der Waals surface area contributed by atoms with Gasteiger partial charge in [0.15, 0.2) is 5.34 Å². The van der Waals surface area contributed by atoms with Crippen molar-refractivity contribution in [3.63, 3.8) is 0 Å². The monoisotopic (exact) mass is 461 g/mol. The molecule has 0 aromatic carbocycles. The second kappa shape index (κ2) is 9.12. The summed E-state index contributed by atoms with van der Waals surface area (Å²) in [6.45, 7) is 5.89. The van der Waals surface area contributed by atoms with Crippen molar-refractivity contribution in [1.29, 1.82) is 0 Å². The standard InChI is InChI=1S/C20H29FNO8P/c1-6-12-15(11(21)9-14(23)22-12)18-17(25)16(24)13(29-18)10-19(4,7-2)30-31(27,28)20(5,26)8-3/h1,9,13,16-18,24-26H,7-8,10H2,2-5H3,(H,22,23)(H,27,28)/t13-,16?,17+,18+,19?,20?/m1/s1. The van der Waals surface area contributed by atoms with E-state index < -0.39 is 54.3 Å². The number of ether oxygens (including phenoxy) is 1. The predicted octanol–water partition coefficient (Wildman–Crippen LogP) is 1.54. The average Bonchev–Trinajstić information content (AvgIpc) is 2.94. The third-order valence-corrected chi connectivity index (χ3v) is 8.05. The summed E-state index contributed by atoms with van der Waals surface area (Å²) < 4.78 is 38.2. The maximum absolute atomic E-state index is 14.5. The number of aliphatic hydroxyl groups is 3. The zero-order valence-electron chi connectivity index (χ0n) is 17.8. The molecule has 1 aliphatic heterocycles. The first-order chi connectivity index (χ1) is 14.2. The Morgan fingerprint density at radius 3 is 2.45 bits per heavy atom. The molecule has 4 unspecified atom stereocenters. The molecule has 2 rings (SSSR count). The lowest BCUT2D eigenvalue weighted by atomic mass is 9.92. The van der Waals surface area contributed by atoms with Crippen LogP contribution in [0.1, 0.15) is 64.3 Å². The average molecular weight is 461 g/mol. The van der Waals surface area contributed by atoms with Crippen LogP contribution in [0.4, 0.5) is 4.39 Å². The van der Waals surface area contributed by atoms with Gasteiger partial charge in [0, 0.05) is 12.5 Å². The smallest absolute Gasteiger partial charge is 0.359 e. The summed E-state index contributed by atoms with van der Waals surface area (Å²) in [4.78, 5) is 24.0. The molecular formula is C20H29FNO8P. The van der Waals surface area contributed by atoms with E-state index >= 15 is 0 Å². The lowest BCUT2D eigenvalue weighted by molar-refractivity contribution is -0.0536. The van der Waals surface area contributed by atoms with Gasteiger partial charge in [0.05, 0.1) is 17.3 Å². The second-order valence-corrected chi connectivity index (χ2v) is 10.4. The number of H-pyrrole nitrogens is 1. The van der Waals surface area contributed by atoms with Crippen LogP contribution in [-0.2, 0) is 13.8 Å². The maximum atomic E-state index is 14.5. The van der Waals surface area contributed by atoms with Gasteiger partial charge in [-0.1, -0.05) is 19.8 Å². The van der Waals surface area contributed by atoms with Crippen LogP contribution in [0.15, 0.2) is 10.9 Å². The molecule has 2 heterocycles. The van der Waals surface area contributed by atoms with Crippen LogP contribution in [0.5, 0.6) is 0 Å². The Morgan fingerprint density at radius 2 is 1.94 bits per heavy atom. The van der Waals surface area contributed by atoms with Crippen molar-refractivity contribution >= 4 is 7.60 Å². The van der Waals surface area contributed by atoms with Gasteiger partial charge in [0.2, 0.25) is 0 Å². The largest absolute Gasteiger partial charge is 0.388 e. The van der Waals surface area contributed by atoms with Crippen molar-refractivity contribution in [2.45, 2.75) is 82.3 Å². The Labute approximate surface area is 179 Å². The molecule has 7 atom stereocenters. The summed E-state index contributed by atoms with van der Waals surface area (Å²) in [5.41, 5.74) is -2.61. The third-order valence-electron chi connectivity index (χ3n) is 5.83. The molecule has 174 valence electrons. The minimum atomic E-state index is -4.50. The molecule has 1 aliphatic rings. The van der Waals surface area contributed by atoms with Gasteiger partial charge < -0.3 is 34.5 Å². The Bertz CT molecular complexity index is 957. The first kappa shape index (κ1) is 25.7. The van der Waals surface area contributed by atoms with Crippen LogP contribution < -0.4 is 5.56 Å². The molecule has 0 radical (unpaired) electrons. The number of aromatic nitrogens is 1. The van der Waals surface area contributed by atoms with Crippen LogP contribution in [-0.4, -0.2) is 54.5 Å². The number of pyridine rings is 1. The van der Waals surface area contributed by atoms with Gasteiger partial charge in [0.25, 0.3) is 5.56 Å². The van der Waals surface area contributed by atoms with Crippen molar-refractivity contribution in [3.05, 3.63) is 33.5 Å². The topological polar surface area (TPSA) is 149 Å². The Balaban J connectivity index is 2.32. The van der Waals surface area contributed by atoms with Crippen LogP contribution in [0.25, 0.3) is 0 Å². The van der Waals surface area contributed by atoms with Gasteiger partial charge in [-0.15, -0.1) is 6.42 Å². The van der Waals surface area contributed by atoms with E-state index in [0.717, 1.165) is 0 Å². The Kier molecular flexibility index (Phi) is 7.56. The van der Waals surface area contributed by atoms with Crippen molar-refractivity contribution in [1.82, 2.24) is 4.98 Å². The molecule has 1 aromatic rings. The molecule has 1 aromatic heterocycles. The third kappa shape index (κ3) is 5.10. The highest BCUT2D eigenvalue weighted by molar-refractivity contribution is 7.54. The molecule has 9 nitrogen and oxygen atoms in total. The van der Waals surface area contributed by atoms with Gasteiger partial charge in [0.1, 0.15) is 29.8 Å². The summed E-state index contributed by atoms with van der Waals surface area (Å²) in [5.74, 6) is 1.13. The molecule has 1 fully saturated rings. The molecule has 11 heteroatoms. The molecule has 1 saturated heterocycles. The first-order valence-corrected chi connectivity index (χ1v) is 11.5. The van der Waals surface area contributed by atoms with Crippen molar-refractivity contribution < 1.29 is 38.4 Å². The number of aromatic amines is 1. The predicted molar refractivity (Wildman–Crippen MR) is 110 cm³/mol. The van der Waals surface area contributed by atoms with Gasteiger partial charge >= 0.3 is 7.60 Å². The van der Waals surface area contributed by atoms with E-state index in [4.69, 9.17) is 15.7 Å². The number of hydrogen-bond donors (Lipinski definition) is 5. The second-order valence-electron chi connectivity index (χ2n) is 8.18. The van der Waals surface area contributed by atoms with E-state index in [9.17, 15) is 34.0 Å². The van der Waals surface area contributed by atoms with Crippen molar-refractivity contribution in [2.24, 2.45) is 0 Å². The van der Waals surface area contributed by atoms with E-state index in [1.807, 2.05) is 0 Å². The van der Waals surface area contributed by atoms with Gasteiger partial charge in [-0.25, -0.2) is 4.39 Å². The van der Waals surface area contributed by atoms with Crippen LogP contribution in [0.3, 0.4) is 0 Å². The summed E-state index contributed by atoms with van der Waals surface area (Å²) in [6, 6.07) is 0.653. The number of hydrogen-bond acceptors (Lipinski definition) is 7. The minimum Gasteiger partial charge on any atom is -0.388 e. The minimum absolute atomic E-state index is 0.0374. The van der Waals surface area contributed by atoms with Gasteiger partial charge in [-0.2, -0.15) is 0 Å². The van der Waals surface area contributed by atoms with Crippen molar-refractivity contribution in [2.75, 3.05) is 0 Å². The molecule has 31 heavy (non-hydrogen) atoms. The molecule has 0 spiro atoms. The van der Waals surface area contributed by atoms with Gasteiger partial charge in [-0.05, 0) is 26.7 Å². The zero-order chi connectivity index (χ0) is 23.8. The number of aliphatic hydroxyl groups excluding tert-OH is 2. The summed E-state index contributed by atoms with van der Waals surface area (Å²) in [5, 5.41) is 29.2. The lowest BCUT2D eigenvalue weighted by Gasteiger charge is -2.37. The first-order valence-electron chi connectivity index (χ1n) is 9.89. The van der Waals surface area contributed by atoms with E-state index in [1.54, 1.807) is 6.92 Å². The lowest BCUT2D eigenvalue weighted by Crippen LogP contribution is -2.40. The fourth-order valence-corrected chi connectivity index (χ4v) is 4.75. The van der Waals surface area contributed by atoms with E-state index in [1.165, 1.54) is 20.8 Å². The van der Waals surface area contributed by atoms with Crippen LogP contribution in [0.2, 0.25) is 0 Å². The molecule has 0 aliphatic carbocycles. The summed E-state index contributed by atoms with van der Waals surface area (Å²) >= 11 is 0. The summed E-state index contributed by atoms with van der Waals surface area (Å²) in [6.07, 6.45) is -0.248. The van der Waals surface area contributed by atoms with E-state index in [-0.39, 0.29) is 30.5 Å². The van der Waals surface area contributed by atoms with Crippen molar-refractivity contribution in [3.8, 4) is 12.3 Å². The van der Waals surface area contributed by atoms with Crippen LogP contribution >= 0.6 is 7.60 Å². The zero-order valence-corrected chi connectivity index (χ0v) is 18.7. The number of rotatable bonds is 8. The number of halogens is 1. The van der Waals surface area contributed by atoms with Gasteiger partial charge in [-0.3, -0.25) is 9.36 Å². The number of nitrogens with one attached hydrogen (secondary N) is 1. The quantitative estimate of drug-likeness (QED) is 0.289. The van der Waals surface area contributed by atoms with E-state index in [0.29, 0.717) is 6.07 Å². The van der Waals surface area contributed by atoms with Crippen LogP contribution in [0, 0.1) is 18.2 Å². The highest BCUT2D eigenvalue weighted by Gasteiger charge is 2.51. The summed E-state index contributed by atoms with van der Waals surface area (Å²) in [7, 11) is -4.50. The fraction of sp³-hybridized carbons (Fsp3) is 0.650. The highest BCUT2D eigenvalue weighted by atomic mass is 31.2. The Hall–Kier alpha value is -1.57. The maximum Gasteiger partial charge on any atom is 0.359 e. The molecule has 0 bridgehead atoms.